The highest BCUT2D eigenvalue weighted by molar-refractivity contribution is 6.03. The van der Waals surface area contributed by atoms with Crippen LogP contribution in [0.3, 0.4) is 0 Å². The minimum Gasteiger partial charge on any atom is -0.352 e. The Morgan fingerprint density at radius 2 is 1.97 bits per heavy atom. The van der Waals surface area contributed by atoms with Gasteiger partial charge in [0, 0.05) is 17.4 Å². The number of hydrogen-bond acceptors (Lipinski definition) is 4. The van der Waals surface area contributed by atoms with Gasteiger partial charge in [0.05, 0.1) is 5.56 Å². The van der Waals surface area contributed by atoms with Crippen molar-refractivity contribution in [3.63, 3.8) is 0 Å². The Morgan fingerprint density at radius 3 is 2.47 bits per heavy atom. The van der Waals surface area contributed by atoms with Crippen molar-refractivity contribution in [1.29, 1.82) is 5.26 Å². The van der Waals surface area contributed by atoms with E-state index in [0.717, 1.165) is 24.4 Å². The van der Waals surface area contributed by atoms with Crippen molar-refractivity contribution < 1.29 is 27.2 Å². The molecule has 0 aliphatic rings. The lowest BCUT2D eigenvalue weighted by Gasteiger charge is -2.33. The van der Waals surface area contributed by atoms with Crippen molar-refractivity contribution in [3.05, 3.63) is 58.4 Å². The summed E-state index contributed by atoms with van der Waals surface area (Å²) in [7, 11) is 0. The quantitative estimate of drug-likeness (QED) is 0.617. The van der Waals surface area contributed by atoms with Crippen LogP contribution in [-0.2, 0) is 5.54 Å². The van der Waals surface area contributed by atoms with Crippen LogP contribution in [0.2, 0.25) is 0 Å². The van der Waals surface area contributed by atoms with Crippen molar-refractivity contribution in [1.82, 2.24) is 10.3 Å². The molecule has 1 aromatic heterocycles. The summed E-state index contributed by atoms with van der Waals surface area (Å²) in [6.45, 7) is 2.57. The number of amides is 3. The summed E-state index contributed by atoms with van der Waals surface area (Å²) in [5, 5.41) is 12.9. The summed E-state index contributed by atoms with van der Waals surface area (Å²) in [5.74, 6) is -3.14. The number of halogens is 4. The zero-order valence-corrected chi connectivity index (χ0v) is 15.9. The second-order valence-electron chi connectivity index (χ2n) is 6.39. The van der Waals surface area contributed by atoms with E-state index in [2.05, 4.69) is 10.3 Å². The molecule has 4 N–H and O–H groups in total. The van der Waals surface area contributed by atoms with Gasteiger partial charge in [0.2, 0.25) is 0 Å². The van der Waals surface area contributed by atoms with Crippen LogP contribution in [0.25, 0.3) is 0 Å². The summed E-state index contributed by atoms with van der Waals surface area (Å²) >= 11 is 0. The first-order valence-electron chi connectivity index (χ1n) is 8.59. The van der Waals surface area contributed by atoms with Gasteiger partial charge in [-0.15, -0.1) is 0 Å². The molecule has 1 aromatic carbocycles. The molecule has 1 atom stereocenters. The highest BCUT2D eigenvalue weighted by Crippen LogP contribution is 2.36. The number of alkyl halides is 2. The molecule has 0 spiro atoms. The number of aryl methyl sites for hydroxylation is 1. The number of carbonyl (C=O) groups is 2. The number of primary amides is 1. The first-order valence-corrected chi connectivity index (χ1v) is 8.59. The van der Waals surface area contributed by atoms with Crippen LogP contribution < -0.4 is 16.4 Å². The number of nitriles is 1. The van der Waals surface area contributed by atoms with Crippen molar-refractivity contribution in [2.24, 2.45) is 5.73 Å². The normalized spacial score (nSPS) is 12.7. The van der Waals surface area contributed by atoms with E-state index in [-0.39, 0.29) is 16.8 Å². The number of nitrogens with zero attached hydrogens (tertiary/aromatic N) is 2. The lowest BCUT2D eigenvalue weighted by atomic mass is 9.85. The fourth-order valence-electron chi connectivity index (χ4n) is 2.92. The van der Waals surface area contributed by atoms with Crippen molar-refractivity contribution in [2.45, 2.75) is 32.2 Å². The molecular weight excluding hydrogens is 406 g/mol. The van der Waals surface area contributed by atoms with Crippen LogP contribution in [0.15, 0.2) is 24.4 Å². The Hall–Kier alpha value is -3.68. The van der Waals surface area contributed by atoms with Gasteiger partial charge in [-0.05, 0) is 37.1 Å². The number of urea groups is 1. The van der Waals surface area contributed by atoms with E-state index < -0.39 is 53.2 Å². The third-order valence-electron chi connectivity index (χ3n) is 4.45. The van der Waals surface area contributed by atoms with Crippen LogP contribution in [0.5, 0.6) is 0 Å². The number of anilines is 1. The molecule has 0 radical (unpaired) electrons. The Morgan fingerprint density at radius 1 is 1.30 bits per heavy atom. The fourth-order valence-corrected chi connectivity index (χ4v) is 2.92. The summed E-state index contributed by atoms with van der Waals surface area (Å²) in [6.07, 6.45) is -2.66. The molecule has 158 valence electrons. The number of hydrogen-bond donors (Lipinski definition) is 3. The molecule has 0 fully saturated rings. The van der Waals surface area contributed by atoms with E-state index in [4.69, 9.17) is 11.0 Å². The van der Waals surface area contributed by atoms with E-state index in [1.165, 1.54) is 13.8 Å². The maximum atomic E-state index is 14.7. The van der Waals surface area contributed by atoms with Crippen LogP contribution in [0.4, 0.5) is 28.0 Å². The summed E-state index contributed by atoms with van der Waals surface area (Å²) in [6, 6.07) is 3.24. The van der Waals surface area contributed by atoms with Crippen molar-refractivity contribution in [3.8, 4) is 6.07 Å². The second-order valence-corrected chi connectivity index (χ2v) is 6.39. The van der Waals surface area contributed by atoms with Gasteiger partial charge in [-0.3, -0.25) is 4.79 Å². The zero-order valence-electron chi connectivity index (χ0n) is 15.9. The topological polar surface area (TPSA) is 121 Å². The number of pyridine rings is 1. The molecule has 7 nitrogen and oxygen atoms in total. The van der Waals surface area contributed by atoms with Crippen LogP contribution in [0.1, 0.15) is 40.5 Å². The highest BCUT2D eigenvalue weighted by Gasteiger charge is 2.44. The maximum absolute atomic E-state index is 14.7. The van der Waals surface area contributed by atoms with E-state index in [1.807, 2.05) is 5.32 Å². The van der Waals surface area contributed by atoms with Gasteiger partial charge in [0.1, 0.15) is 17.4 Å². The van der Waals surface area contributed by atoms with Gasteiger partial charge in [-0.2, -0.15) is 5.26 Å². The van der Waals surface area contributed by atoms with Crippen molar-refractivity contribution in [2.75, 3.05) is 5.32 Å². The van der Waals surface area contributed by atoms with Crippen LogP contribution >= 0.6 is 0 Å². The fraction of sp³-hybridized carbons (Fsp3) is 0.263. The first kappa shape index (κ1) is 22.6. The number of nitrogens with one attached hydrogen (secondary N) is 2. The molecule has 0 bridgehead atoms. The first-order chi connectivity index (χ1) is 14.0. The largest absolute Gasteiger partial charge is 0.352 e. The standard InChI is InChI=1S/C19H17F4N5O2/c1-3-19(17(22)23,28-18(25)30)12-6-11(4-9(2)14(12)21)27-16(29)15-13(20)5-10(7-24)8-26-15/h4-6,8,17H,3H2,1-2H3,(H,27,29)(H3,25,28,30)/t19-/m0/s1. The van der Waals surface area contributed by atoms with E-state index >= 15 is 0 Å². The van der Waals surface area contributed by atoms with Gasteiger partial charge >= 0.3 is 6.03 Å². The highest BCUT2D eigenvalue weighted by atomic mass is 19.3. The molecule has 30 heavy (non-hydrogen) atoms. The Bertz CT molecular complexity index is 1040. The predicted molar refractivity (Wildman–Crippen MR) is 98.7 cm³/mol. The predicted octanol–water partition coefficient (Wildman–Crippen LogP) is 3.33. The third-order valence-corrected chi connectivity index (χ3v) is 4.45. The summed E-state index contributed by atoms with van der Waals surface area (Å²) < 4.78 is 56.5. The average Bonchev–Trinajstić information content (AvgIpc) is 2.68. The summed E-state index contributed by atoms with van der Waals surface area (Å²) in [4.78, 5) is 27.2. The zero-order chi connectivity index (χ0) is 22.6. The molecule has 0 saturated carbocycles. The van der Waals surface area contributed by atoms with Crippen molar-refractivity contribution >= 4 is 17.6 Å². The molecule has 11 heteroatoms. The van der Waals surface area contributed by atoms with Gasteiger partial charge in [-0.25, -0.2) is 27.3 Å². The van der Waals surface area contributed by atoms with Gasteiger partial charge < -0.3 is 16.4 Å². The molecule has 0 aliphatic heterocycles. The maximum Gasteiger partial charge on any atom is 0.313 e. The van der Waals surface area contributed by atoms with Crippen LogP contribution in [0, 0.1) is 29.9 Å². The Labute approximate surface area is 168 Å². The minimum absolute atomic E-state index is 0.105. The Kier molecular flexibility index (Phi) is 6.61. The number of nitrogens with two attached hydrogens (primary N) is 1. The third kappa shape index (κ3) is 4.32. The minimum atomic E-state index is -3.23. The molecule has 0 saturated heterocycles. The molecular formula is C19H17F4N5O2. The monoisotopic (exact) mass is 423 g/mol. The number of benzene rings is 1. The molecule has 0 aliphatic carbocycles. The van der Waals surface area contributed by atoms with Gasteiger partial charge in [-0.1, -0.05) is 6.92 Å². The number of carbonyl (C=O) groups excluding carboxylic acids is 2. The second kappa shape index (κ2) is 8.77. The van der Waals surface area contributed by atoms with Gasteiger partial charge in [0.15, 0.2) is 11.5 Å². The molecule has 1 heterocycles. The smallest absolute Gasteiger partial charge is 0.313 e. The summed E-state index contributed by atoms with van der Waals surface area (Å²) in [5.41, 5.74) is 0.964. The Balaban J connectivity index is 2.52. The number of aromatic nitrogens is 1. The van der Waals surface area contributed by atoms with E-state index in [1.54, 1.807) is 6.07 Å². The molecule has 2 rings (SSSR count). The average molecular weight is 423 g/mol. The van der Waals surface area contributed by atoms with E-state index in [0.29, 0.717) is 0 Å². The lowest BCUT2D eigenvalue weighted by Crippen LogP contribution is -2.53. The van der Waals surface area contributed by atoms with Gasteiger partial charge in [0.25, 0.3) is 12.3 Å². The SMILES string of the molecule is CC[C@](NC(N)=O)(c1cc(NC(=O)c2ncc(C#N)cc2F)cc(C)c1F)C(F)F. The van der Waals surface area contributed by atoms with Crippen LogP contribution in [-0.4, -0.2) is 23.3 Å². The lowest BCUT2D eigenvalue weighted by molar-refractivity contribution is 0.0296. The van der Waals surface area contributed by atoms with E-state index in [9.17, 15) is 27.2 Å². The number of rotatable bonds is 6. The molecule has 2 aromatic rings. The molecule has 3 amide bonds. The molecule has 0 unspecified atom stereocenters.